The van der Waals surface area contributed by atoms with Crippen LogP contribution in [0.3, 0.4) is 0 Å². The fraction of sp³-hybridized carbons (Fsp3) is 0.750. The summed E-state index contributed by atoms with van der Waals surface area (Å²) < 4.78 is 5.32. The molecule has 1 heterocycles. The van der Waals surface area contributed by atoms with Crippen molar-refractivity contribution in [2.75, 3.05) is 6.54 Å². The second-order valence-electron chi connectivity index (χ2n) is 7.49. The molecular weight excluding hydrogens is 284 g/mol. The van der Waals surface area contributed by atoms with E-state index in [1.54, 1.807) is 20.8 Å². The molecule has 124 valence electrons. The molecule has 2 rings (SSSR count). The van der Waals surface area contributed by atoms with Gasteiger partial charge in [-0.05, 0) is 34.1 Å². The molecule has 2 fully saturated rings. The zero-order valence-electron chi connectivity index (χ0n) is 13.8. The smallest absolute Gasteiger partial charge is 0.411 e. The zero-order valence-corrected chi connectivity index (χ0v) is 13.8. The number of rotatable bonds is 3. The number of aliphatic hydroxyl groups is 1. The Labute approximate surface area is 131 Å². The number of likely N-dealkylation sites (tertiary alicyclic amines) is 1. The molecule has 0 aromatic heterocycles. The number of carbonyl (C=O) groups excluding carboxylic acids is 2. The van der Waals surface area contributed by atoms with Crippen molar-refractivity contribution in [3.05, 3.63) is 12.7 Å². The van der Waals surface area contributed by atoms with Crippen LogP contribution < -0.4 is 5.32 Å². The van der Waals surface area contributed by atoms with Gasteiger partial charge in [0, 0.05) is 17.9 Å². The van der Waals surface area contributed by atoms with Crippen LogP contribution in [0.2, 0.25) is 0 Å². The SMILES string of the molecule is C=C[C@@H]1C[C@@]1(C)NC(=O)[C@@H]1C[C@H](O)CN1C(=O)OC(C)(C)C. The number of aliphatic hydroxyl groups excluding tert-OH is 1. The van der Waals surface area contributed by atoms with E-state index in [2.05, 4.69) is 11.9 Å². The summed E-state index contributed by atoms with van der Waals surface area (Å²) in [7, 11) is 0. The monoisotopic (exact) mass is 310 g/mol. The largest absolute Gasteiger partial charge is 0.444 e. The van der Waals surface area contributed by atoms with Crippen LogP contribution in [0.15, 0.2) is 12.7 Å². The van der Waals surface area contributed by atoms with Crippen LogP contribution in [0.4, 0.5) is 4.79 Å². The molecule has 0 aromatic rings. The molecule has 4 atom stereocenters. The van der Waals surface area contributed by atoms with Crippen molar-refractivity contribution >= 4 is 12.0 Å². The number of carbonyl (C=O) groups is 2. The fourth-order valence-electron chi connectivity index (χ4n) is 2.83. The van der Waals surface area contributed by atoms with E-state index in [0.717, 1.165) is 6.42 Å². The van der Waals surface area contributed by atoms with Gasteiger partial charge in [-0.3, -0.25) is 9.69 Å². The van der Waals surface area contributed by atoms with E-state index in [-0.39, 0.29) is 30.3 Å². The minimum absolute atomic E-state index is 0.120. The third kappa shape index (κ3) is 3.61. The molecule has 0 unspecified atom stereocenters. The lowest BCUT2D eigenvalue weighted by molar-refractivity contribution is -0.126. The van der Waals surface area contributed by atoms with Gasteiger partial charge in [0.25, 0.3) is 0 Å². The van der Waals surface area contributed by atoms with Crippen molar-refractivity contribution in [2.24, 2.45) is 5.92 Å². The molecule has 0 radical (unpaired) electrons. The van der Waals surface area contributed by atoms with Gasteiger partial charge in [-0.25, -0.2) is 4.79 Å². The minimum atomic E-state index is -0.703. The molecule has 1 aliphatic carbocycles. The van der Waals surface area contributed by atoms with Crippen molar-refractivity contribution in [1.82, 2.24) is 10.2 Å². The first kappa shape index (κ1) is 16.8. The van der Waals surface area contributed by atoms with Gasteiger partial charge in [0.2, 0.25) is 5.91 Å². The Bertz CT molecular complexity index is 485. The Morgan fingerprint density at radius 3 is 2.59 bits per heavy atom. The van der Waals surface area contributed by atoms with Gasteiger partial charge in [0.15, 0.2) is 0 Å². The summed E-state index contributed by atoms with van der Waals surface area (Å²) in [6.45, 7) is 11.1. The predicted octanol–water partition coefficient (Wildman–Crippen LogP) is 1.44. The summed E-state index contributed by atoms with van der Waals surface area (Å²) in [5.41, 5.74) is -0.923. The van der Waals surface area contributed by atoms with E-state index < -0.39 is 23.8 Å². The quantitative estimate of drug-likeness (QED) is 0.773. The van der Waals surface area contributed by atoms with Crippen LogP contribution in [0, 0.1) is 5.92 Å². The van der Waals surface area contributed by atoms with Crippen molar-refractivity contribution in [3.8, 4) is 0 Å². The van der Waals surface area contributed by atoms with Crippen LogP contribution in [0.25, 0.3) is 0 Å². The van der Waals surface area contributed by atoms with Crippen LogP contribution in [0.1, 0.15) is 40.5 Å². The Hall–Kier alpha value is -1.56. The van der Waals surface area contributed by atoms with Gasteiger partial charge in [-0.15, -0.1) is 6.58 Å². The summed E-state index contributed by atoms with van der Waals surface area (Å²) in [6, 6.07) is -0.687. The summed E-state index contributed by atoms with van der Waals surface area (Å²) in [4.78, 5) is 26.0. The van der Waals surface area contributed by atoms with E-state index in [1.165, 1.54) is 4.90 Å². The number of nitrogens with one attached hydrogen (secondary N) is 1. The highest BCUT2D eigenvalue weighted by molar-refractivity contribution is 5.87. The maximum atomic E-state index is 12.5. The standard InChI is InChI=1S/C16H26N2O4/c1-6-10-8-16(10,5)17-13(20)12-7-11(19)9-18(12)14(21)22-15(2,3)4/h6,10-12,19H,1,7-9H2,2-5H3,(H,17,20)/t10-,11+,12+,16-/m1/s1. The Morgan fingerprint density at radius 1 is 1.45 bits per heavy atom. The first-order valence-corrected chi connectivity index (χ1v) is 7.68. The lowest BCUT2D eigenvalue weighted by Gasteiger charge is -2.28. The molecule has 0 aromatic carbocycles. The molecule has 2 aliphatic rings. The number of nitrogens with zero attached hydrogens (tertiary/aromatic N) is 1. The van der Waals surface area contributed by atoms with Gasteiger partial charge in [0.05, 0.1) is 12.6 Å². The lowest BCUT2D eigenvalue weighted by atomic mass is 10.1. The van der Waals surface area contributed by atoms with Crippen LogP contribution in [-0.2, 0) is 9.53 Å². The highest BCUT2D eigenvalue weighted by atomic mass is 16.6. The summed E-state index contributed by atoms with van der Waals surface area (Å²) in [5, 5.41) is 12.8. The second kappa shape index (κ2) is 5.57. The van der Waals surface area contributed by atoms with E-state index in [4.69, 9.17) is 4.74 Å². The molecule has 1 saturated carbocycles. The first-order chi connectivity index (χ1) is 10.1. The van der Waals surface area contributed by atoms with Crippen LogP contribution >= 0.6 is 0 Å². The highest BCUT2D eigenvalue weighted by Crippen LogP contribution is 2.44. The summed E-state index contributed by atoms with van der Waals surface area (Å²) in [5.74, 6) is 0.0204. The maximum Gasteiger partial charge on any atom is 0.411 e. The third-order valence-electron chi connectivity index (χ3n) is 4.21. The summed E-state index contributed by atoms with van der Waals surface area (Å²) in [6.07, 6.45) is 1.65. The minimum Gasteiger partial charge on any atom is -0.444 e. The van der Waals surface area contributed by atoms with E-state index in [9.17, 15) is 14.7 Å². The van der Waals surface area contributed by atoms with E-state index >= 15 is 0 Å². The maximum absolute atomic E-state index is 12.5. The zero-order chi connectivity index (χ0) is 16.7. The Morgan fingerprint density at radius 2 is 2.09 bits per heavy atom. The van der Waals surface area contributed by atoms with Gasteiger partial charge in [-0.2, -0.15) is 0 Å². The summed E-state index contributed by atoms with van der Waals surface area (Å²) >= 11 is 0. The second-order valence-corrected chi connectivity index (χ2v) is 7.49. The van der Waals surface area contributed by atoms with E-state index in [0.29, 0.717) is 0 Å². The lowest BCUT2D eigenvalue weighted by Crippen LogP contribution is -2.50. The number of amides is 2. The number of hydrogen-bond acceptors (Lipinski definition) is 4. The van der Waals surface area contributed by atoms with Crippen LogP contribution in [-0.4, -0.2) is 51.8 Å². The van der Waals surface area contributed by atoms with Gasteiger partial charge in [-0.1, -0.05) is 6.08 Å². The molecule has 2 amide bonds. The third-order valence-corrected chi connectivity index (χ3v) is 4.21. The Balaban J connectivity index is 2.03. The van der Waals surface area contributed by atoms with Crippen molar-refractivity contribution in [1.29, 1.82) is 0 Å². The number of ether oxygens (including phenoxy) is 1. The van der Waals surface area contributed by atoms with Crippen LogP contribution in [0.5, 0.6) is 0 Å². The fourth-order valence-corrected chi connectivity index (χ4v) is 2.83. The van der Waals surface area contributed by atoms with Gasteiger partial charge >= 0.3 is 6.09 Å². The molecule has 1 saturated heterocycles. The Kier molecular flexibility index (Phi) is 4.26. The van der Waals surface area contributed by atoms with Crippen molar-refractivity contribution in [3.63, 3.8) is 0 Å². The van der Waals surface area contributed by atoms with E-state index in [1.807, 2.05) is 13.0 Å². The molecule has 22 heavy (non-hydrogen) atoms. The average Bonchev–Trinajstić information content (AvgIpc) is 2.83. The van der Waals surface area contributed by atoms with Crippen molar-refractivity contribution in [2.45, 2.75) is 63.8 Å². The molecule has 0 spiro atoms. The number of hydrogen-bond donors (Lipinski definition) is 2. The molecular formula is C16H26N2O4. The molecule has 0 bridgehead atoms. The molecule has 6 nitrogen and oxygen atoms in total. The average molecular weight is 310 g/mol. The normalized spacial score (nSPS) is 34.2. The van der Waals surface area contributed by atoms with Gasteiger partial charge < -0.3 is 15.2 Å². The molecule has 2 N–H and O–H groups in total. The highest BCUT2D eigenvalue weighted by Gasteiger charge is 2.51. The molecule has 1 aliphatic heterocycles. The van der Waals surface area contributed by atoms with Gasteiger partial charge in [0.1, 0.15) is 11.6 Å². The predicted molar refractivity (Wildman–Crippen MR) is 82.2 cm³/mol. The molecule has 6 heteroatoms. The number of β-amino-alcohol motifs (C(OH)–C–C–N with tert-alkyl or cyclic N) is 1. The topological polar surface area (TPSA) is 78.9 Å². The first-order valence-electron chi connectivity index (χ1n) is 7.68. The van der Waals surface area contributed by atoms with Crippen molar-refractivity contribution < 1.29 is 19.4 Å².